The number of benzene rings is 1. The molecule has 19 heavy (non-hydrogen) atoms. The molecule has 0 saturated heterocycles. The summed E-state index contributed by atoms with van der Waals surface area (Å²) in [6.07, 6.45) is 0.696. The Hall–Kier alpha value is -1.35. The minimum Gasteiger partial charge on any atom is -0.496 e. The first-order chi connectivity index (χ1) is 8.81. The van der Waals surface area contributed by atoms with E-state index in [0.717, 1.165) is 5.56 Å². The maximum absolute atomic E-state index is 12.5. The maximum atomic E-state index is 12.5. The Labute approximate surface area is 116 Å². The molecule has 106 valence electrons. The van der Waals surface area contributed by atoms with Crippen molar-refractivity contribution in [2.75, 3.05) is 13.7 Å². The molecule has 2 N–H and O–H groups in total. The van der Waals surface area contributed by atoms with Crippen molar-refractivity contribution in [3.8, 4) is 5.75 Å². The lowest BCUT2D eigenvalue weighted by molar-refractivity contribution is 0.0922. The molecule has 0 heterocycles. The lowest BCUT2D eigenvalue weighted by atomic mass is 9.84. The number of ketones is 1. The van der Waals surface area contributed by atoms with Crippen molar-refractivity contribution in [1.29, 1.82) is 0 Å². The Kier molecular flexibility index (Phi) is 5.12. The number of hydrogen-bond acceptors (Lipinski definition) is 3. The smallest absolute Gasteiger partial charge is 0.169 e. The van der Waals surface area contributed by atoms with Crippen molar-refractivity contribution in [3.63, 3.8) is 0 Å². The normalized spacial score (nSPS) is 13.2. The van der Waals surface area contributed by atoms with E-state index in [-0.39, 0.29) is 17.1 Å². The molecule has 0 aliphatic rings. The number of nitrogens with two attached hydrogens (primary N) is 1. The van der Waals surface area contributed by atoms with Gasteiger partial charge in [-0.1, -0.05) is 33.8 Å². The van der Waals surface area contributed by atoms with E-state index in [4.69, 9.17) is 10.5 Å². The lowest BCUT2D eigenvalue weighted by Crippen LogP contribution is -2.18. The van der Waals surface area contributed by atoms with Crippen molar-refractivity contribution < 1.29 is 9.53 Å². The zero-order chi connectivity index (χ0) is 14.6. The predicted molar refractivity (Wildman–Crippen MR) is 78.9 cm³/mol. The fraction of sp³-hybridized carbons (Fsp3) is 0.562. The minimum absolute atomic E-state index is 0.0123. The highest BCUT2D eigenvalue weighted by molar-refractivity contribution is 6.00. The molecule has 0 fully saturated rings. The topological polar surface area (TPSA) is 52.3 Å². The minimum atomic E-state index is -0.0749. The molecule has 0 bridgehead atoms. The number of carbonyl (C=O) groups excluding carboxylic acids is 1. The number of rotatable bonds is 5. The average molecular weight is 263 g/mol. The van der Waals surface area contributed by atoms with Gasteiger partial charge in [-0.15, -0.1) is 0 Å². The molecule has 1 unspecified atom stereocenters. The van der Waals surface area contributed by atoms with Gasteiger partial charge in [0.2, 0.25) is 0 Å². The van der Waals surface area contributed by atoms with Crippen molar-refractivity contribution in [1.82, 2.24) is 0 Å². The zero-order valence-electron chi connectivity index (χ0n) is 12.6. The summed E-state index contributed by atoms with van der Waals surface area (Å²) in [5, 5.41) is 0. The van der Waals surface area contributed by atoms with Gasteiger partial charge in [-0.2, -0.15) is 0 Å². The maximum Gasteiger partial charge on any atom is 0.169 e. The van der Waals surface area contributed by atoms with Crippen LogP contribution < -0.4 is 10.5 Å². The number of ether oxygens (including phenoxy) is 1. The van der Waals surface area contributed by atoms with Crippen LogP contribution in [0.4, 0.5) is 0 Å². The number of hydrogen-bond donors (Lipinski definition) is 1. The predicted octanol–water partition coefficient (Wildman–Crippen LogP) is 3.16. The summed E-state index contributed by atoms with van der Waals surface area (Å²) in [6.45, 7) is 8.83. The van der Waals surface area contributed by atoms with Gasteiger partial charge in [0.25, 0.3) is 0 Å². The van der Waals surface area contributed by atoms with E-state index in [9.17, 15) is 4.79 Å². The number of carbonyl (C=O) groups is 1. The van der Waals surface area contributed by atoms with Crippen LogP contribution in [0, 0.1) is 5.92 Å². The van der Waals surface area contributed by atoms with Gasteiger partial charge in [0.1, 0.15) is 5.75 Å². The first-order valence-corrected chi connectivity index (χ1v) is 6.74. The van der Waals surface area contributed by atoms with Gasteiger partial charge < -0.3 is 10.5 Å². The third-order valence-electron chi connectivity index (χ3n) is 3.38. The highest BCUT2D eigenvalue weighted by Crippen LogP contribution is 2.29. The summed E-state index contributed by atoms with van der Waals surface area (Å²) < 4.78 is 5.31. The van der Waals surface area contributed by atoms with Gasteiger partial charge in [-0.05, 0) is 36.1 Å². The molecule has 0 radical (unpaired) electrons. The van der Waals surface area contributed by atoms with Crippen LogP contribution in [0.3, 0.4) is 0 Å². The number of Topliss-reactive ketones (excluding diaryl/α,β-unsaturated/α-hetero) is 1. The van der Waals surface area contributed by atoms with Crippen LogP contribution in [0.5, 0.6) is 5.75 Å². The fourth-order valence-electron chi connectivity index (χ4n) is 2.01. The van der Waals surface area contributed by atoms with E-state index in [1.54, 1.807) is 7.11 Å². The van der Waals surface area contributed by atoms with Crippen molar-refractivity contribution in [2.45, 2.75) is 39.5 Å². The van der Waals surface area contributed by atoms with E-state index in [0.29, 0.717) is 24.3 Å². The second-order valence-electron chi connectivity index (χ2n) is 6.01. The Morgan fingerprint density at radius 2 is 2.00 bits per heavy atom. The van der Waals surface area contributed by atoms with Crippen LogP contribution >= 0.6 is 0 Å². The molecule has 0 aromatic heterocycles. The van der Waals surface area contributed by atoms with Gasteiger partial charge >= 0.3 is 0 Å². The molecule has 1 atom stereocenters. The van der Waals surface area contributed by atoms with E-state index in [1.807, 2.05) is 25.1 Å². The van der Waals surface area contributed by atoms with E-state index in [2.05, 4.69) is 20.8 Å². The first-order valence-electron chi connectivity index (χ1n) is 6.74. The third kappa shape index (κ3) is 3.80. The summed E-state index contributed by atoms with van der Waals surface area (Å²) in [6, 6.07) is 5.85. The van der Waals surface area contributed by atoms with Gasteiger partial charge in [0.15, 0.2) is 5.78 Å². The third-order valence-corrected chi connectivity index (χ3v) is 3.38. The zero-order valence-corrected chi connectivity index (χ0v) is 12.6. The largest absolute Gasteiger partial charge is 0.496 e. The average Bonchev–Trinajstić information content (AvgIpc) is 2.36. The summed E-state index contributed by atoms with van der Waals surface area (Å²) in [5.41, 5.74) is 7.34. The van der Waals surface area contributed by atoms with Crippen molar-refractivity contribution >= 4 is 5.78 Å². The molecule has 3 nitrogen and oxygen atoms in total. The van der Waals surface area contributed by atoms with Gasteiger partial charge in [0, 0.05) is 5.92 Å². The standard InChI is InChI=1S/C16H25NO2/c1-11(8-9-17)15(18)13-10-12(16(2,3)4)6-7-14(13)19-5/h6-7,10-11H,8-9,17H2,1-5H3. The Morgan fingerprint density at radius 1 is 1.37 bits per heavy atom. The molecule has 1 aromatic carbocycles. The van der Waals surface area contributed by atoms with Crippen LogP contribution in [0.25, 0.3) is 0 Å². The molecular formula is C16H25NO2. The summed E-state index contributed by atoms with van der Waals surface area (Å²) >= 11 is 0. The number of methoxy groups -OCH3 is 1. The van der Waals surface area contributed by atoms with Crippen LogP contribution in [0.15, 0.2) is 18.2 Å². The fourth-order valence-corrected chi connectivity index (χ4v) is 2.01. The molecule has 0 spiro atoms. The van der Waals surface area contributed by atoms with E-state index < -0.39 is 0 Å². The quantitative estimate of drug-likeness (QED) is 0.830. The summed E-state index contributed by atoms with van der Waals surface area (Å²) in [7, 11) is 1.59. The summed E-state index contributed by atoms with van der Waals surface area (Å²) in [4.78, 5) is 12.5. The second kappa shape index (κ2) is 6.20. The van der Waals surface area contributed by atoms with Gasteiger partial charge in [0.05, 0.1) is 12.7 Å². The molecule has 1 rings (SSSR count). The van der Waals surface area contributed by atoms with Crippen LogP contribution in [0.1, 0.15) is 50.0 Å². The SMILES string of the molecule is COc1ccc(C(C)(C)C)cc1C(=O)C(C)CCN. The van der Waals surface area contributed by atoms with Crippen LogP contribution in [0.2, 0.25) is 0 Å². The Bertz CT molecular complexity index is 447. The van der Waals surface area contributed by atoms with Crippen LogP contribution in [-0.2, 0) is 5.41 Å². The second-order valence-corrected chi connectivity index (χ2v) is 6.01. The lowest BCUT2D eigenvalue weighted by Gasteiger charge is -2.21. The molecule has 1 aromatic rings. The highest BCUT2D eigenvalue weighted by Gasteiger charge is 2.22. The van der Waals surface area contributed by atoms with Gasteiger partial charge in [-0.3, -0.25) is 4.79 Å². The van der Waals surface area contributed by atoms with Crippen molar-refractivity contribution in [2.24, 2.45) is 11.7 Å². The highest BCUT2D eigenvalue weighted by atomic mass is 16.5. The Balaban J connectivity index is 3.20. The molecular weight excluding hydrogens is 238 g/mol. The van der Waals surface area contributed by atoms with Gasteiger partial charge in [-0.25, -0.2) is 0 Å². The van der Waals surface area contributed by atoms with Crippen LogP contribution in [-0.4, -0.2) is 19.4 Å². The van der Waals surface area contributed by atoms with E-state index in [1.165, 1.54) is 0 Å². The molecule has 0 amide bonds. The summed E-state index contributed by atoms with van der Waals surface area (Å²) in [5.74, 6) is 0.671. The Morgan fingerprint density at radius 3 is 2.47 bits per heavy atom. The monoisotopic (exact) mass is 263 g/mol. The molecule has 3 heteroatoms. The molecule has 0 saturated carbocycles. The molecule has 0 aliphatic carbocycles. The first kappa shape index (κ1) is 15.7. The van der Waals surface area contributed by atoms with E-state index >= 15 is 0 Å². The molecule has 0 aliphatic heterocycles. The van der Waals surface area contributed by atoms with Crippen molar-refractivity contribution in [3.05, 3.63) is 29.3 Å².